The van der Waals surface area contributed by atoms with Crippen molar-refractivity contribution in [1.82, 2.24) is 0 Å². The fourth-order valence-electron chi connectivity index (χ4n) is 7.92. The van der Waals surface area contributed by atoms with E-state index in [0.29, 0.717) is 19.3 Å². The van der Waals surface area contributed by atoms with Crippen LogP contribution in [0.3, 0.4) is 0 Å². The highest BCUT2D eigenvalue weighted by molar-refractivity contribution is 5.71. The summed E-state index contributed by atoms with van der Waals surface area (Å²) in [4.78, 5) is 37.6. The van der Waals surface area contributed by atoms with Gasteiger partial charge in [0.25, 0.3) is 0 Å². The van der Waals surface area contributed by atoms with Crippen LogP contribution in [-0.2, 0) is 28.6 Å². The summed E-state index contributed by atoms with van der Waals surface area (Å²) in [6.45, 7) is 6.61. The van der Waals surface area contributed by atoms with Gasteiger partial charge in [-0.3, -0.25) is 14.4 Å². The van der Waals surface area contributed by atoms with Crippen LogP contribution in [0.1, 0.15) is 297 Å². The zero-order valence-corrected chi connectivity index (χ0v) is 39.3. The minimum atomic E-state index is -0.758. The Morgan fingerprint density at radius 1 is 0.276 bits per heavy atom. The van der Waals surface area contributed by atoms with Gasteiger partial charge < -0.3 is 14.2 Å². The highest BCUT2D eigenvalue weighted by atomic mass is 16.6. The SMILES string of the molecule is CCCCCCCCCCCCCCCCCCCCCC(=O)OCC(COC(=O)CCCCCCC)OC(=O)CCCCCCCCCCCCCCCCCC. The molecule has 1 atom stereocenters. The van der Waals surface area contributed by atoms with E-state index in [1.807, 2.05) is 0 Å². The first-order valence-electron chi connectivity index (χ1n) is 26.0. The number of unbranched alkanes of at least 4 members (excludes halogenated alkanes) is 37. The fourth-order valence-corrected chi connectivity index (χ4v) is 7.92. The van der Waals surface area contributed by atoms with Crippen LogP contribution in [0, 0.1) is 0 Å². The molecule has 0 bridgehead atoms. The predicted molar refractivity (Wildman–Crippen MR) is 247 cm³/mol. The topological polar surface area (TPSA) is 78.9 Å². The van der Waals surface area contributed by atoms with Crippen LogP contribution in [-0.4, -0.2) is 37.2 Å². The second-order valence-electron chi connectivity index (χ2n) is 17.8. The van der Waals surface area contributed by atoms with Crippen LogP contribution in [0.2, 0.25) is 0 Å². The number of ether oxygens (including phenoxy) is 3. The van der Waals surface area contributed by atoms with Gasteiger partial charge >= 0.3 is 17.9 Å². The summed E-state index contributed by atoms with van der Waals surface area (Å²) in [5.74, 6) is -0.857. The van der Waals surface area contributed by atoms with Crippen molar-refractivity contribution in [3.63, 3.8) is 0 Å². The second-order valence-corrected chi connectivity index (χ2v) is 17.8. The Balaban J connectivity index is 4.08. The molecule has 0 radical (unpaired) electrons. The van der Waals surface area contributed by atoms with Crippen LogP contribution in [0.4, 0.5) is 0 Å². The maximum absolute atomic E-state index is 12.7. The first kappa shape index (κ1) is 56.4. The summed E-state index contributed by atoms with van der Waals surface area (Å²) >= 11 is 0. The molecule has 6 heteroatoms. The van der Waals surface area contributed by atoms with Crippen molar-refractivity contribution in [2.75, 3.05) is 13.2 Å². The van der Waals surface area contributed by atoms with E-state index >= 15 is 0 Å². The van der Waals surface area contributed by atoms with Crippen molar-refractivity contribution >= 4 is 17.9 Å². The molecule has 0 aromatic heterocycles. The highest BCUT2D eigenvalue weighted by Crippen LogP contribution is 2.17. The van der Waals surface area contributed by atoms with Crippen LogP contribution >= 0.6 is 0 Å². The second kappa shape index (κ2) is 48.1. The first-order chi connectivity index (χ1) is 28.5. The van der Waals surface area contributed by atoms with Crippen LogP contribution in [0.25, 0.3) is 0 Å². The van der Waals surface area contributed by atoms with E-state index in [9.17, 15) is 14.4 Å². The third-order valence-electron chi connectivity index (χ3n) is 11.9. The van der Waals surface area contributed by atoms with E-state index in [0.717, 1.165) is 64.2 Å². The molecule has 0 aromatic carbocycles. The molecule has 0 aliphatic heterocycles. The Labute approximate surface area is 361 Å². The average Bonchev–Trinajstić information content (AvgIpc) is 3.22. The summed E-state index contributed by atoms with van der Waals surface area (Å²) in [5.41, 5.74) is 0. The van der Waals surface area contributed by atoms with Gasteiger partial charge in [0.1, 0.15) is 13.2 Å². The summed E-state index contributed by atoms with van der Waals surface area (Å²) in [6, 6.07) is 0. The number of carbonyl (C=O) groups excluding carboxylic acids is 3. The molecule has 344 valence electrons. The molecule has 1 unspecified atom stereocenters. The molecule has 58 heavy (non-hydrogen) atoms. The van der Waals surface area contributed by atoms with Crippen molar-refractivity contribution in [2.45, 2.75) is 303 Å². The largest absolute Gasteiger partial charge is 0.462 e. The molecule has 0 amide bonds. The maximum Gasteiger partial charge on any atom is 0.306 e. The molecule has 6 nitrogen and oxygen atoms in total. The van der Waals surface area contributed by atoms with Crippen LogP contribution in [0.5, 0.6) is 0 Å². The number of hydrogen-bond acceptors (Lipinski definition) is 6. The molecule has 0 aliphatic carbocycles. The molecular formula is C52H100O6. The number of esters is 3. The van der Waals surface area contributed by atoms with Crippen molar-refractivity contribution in [2.24, 2.45) is 0 Å². The smallest absolute Gasteiger partial charge is 0.306 e. The van der Waals surface area contributed by atoms with Gasteiger partial charge in [-0.1, -0.05) is 258 Å². The zero-order valence-electron chi connectivity index (χ0n) is 39.3. The Morgan fingerprint density at radius 2 is 0.466 bits per heavy atom. The lowest BCUT2D eigenvalue weighted by Crippen LogP contribution is -2.30. The Morgan fingerprint density at radius 3 is 0.690 bits per heavy atom. The maximum atomic E-state index is 12.7. The van der Waals surface area contributed by atoms with Crippen LogP contribution in [0.15, 0.2) is 0 Å². The molecular weight excluding hydrogens is 721 g/mol. The van der Waals surface area contributed by atoms with Gasteiger partial charge in [-0.2, -0.15) is 0 Å². The molecule has 0 aromatic rings. The summed E-state index contributed by atoms with van der Waals surface area (Å²) in [5, 5.41) is 0. The summed E-state index contributed by atoms with van der Waals surface area (Å²) < 4.78 is 16.7. The Hall–Kier alpha value is -1.59. The van der Waals surface area contributed by atoms with E-state index < -0.39 is 6.10 Å². The van der Waals surface area contributed by atoms with Crippen molar-refractivity contribution in [3.05, 3.63) is 0 Å². The van der Waals surface area contributed by atoms with Gasteiger partial charge in [-0.05, 0) is 19.3 Å². The minimum absolute atomic E-state index is 0.0631. The summed E-state index contributed by atoms with van der Waals surface area (Å²) in [7, 11) is 0. The average molecular weight is 821 g/mol. The third-order valence-corrected chi connectivity index (χ3v) is 11.9. The minimum Gasteiger partial charge on any atom is -0.462 e. The van der Waals surface area contributed by atoms with Crippen molar-refractivity contribution < 1.29 is 28.6 Å². The van der Waals surface area contributed by atoms with Gasteiger partial charge in [0.05, 0.1) is 0 Å². The lowest BCUT2D eigenvalue weighted by Gasteiger charge is -2.18. The fraction of sp³-hybridized carbons (Fsp3) is 0.942. The van der Waals surface area contributed by atoms with E-state index in [-0.39, 0.29) is 31.1 Å². The van der Waals surface area contributed by atoms with Gasteiger partial charge in [0.2, 0.25) is 0 Å². The van der Waals surface area contributed by atoms with Gasteiger partial charge in [-0.25, -0.2) is 0 Å². The predicted octanol–water partition coefficient (Wildman–Crippen LogP) is 16.8. The van der Waals surface area contributed by atoms with Gasteiger partial charge in [0.15, 0.2) is 6.10 Å². The lowest BCUT2D eigenvalue weighted by molar-refractivity contribution is -0.167. The number of hydrogen-bond donors (Lipinski definition) is 0. The summed E-state index contributed by atoms with van der Waals surface area (Å²) in [6.07, 6.45) is 51.3. The van der Waals surface area contributed by atoms with Crippen LogP contribution < -0.4 is 0 Å². The quantitative estimate of drug-likeness (QED) is 0.0346. The van der Waals surface area contributed by atoms with E-state index in [1.165, 1.54) is 193 Å². The molecule has 0 spiro atoms. The monoisotopic (exact) mass is 821 g/mol. The number of rotatable bonds is 48. The lowest BCUT2D eigenvalue weighted by atomic mass is 10.0. The van der Waals surface area contributed by atoms with Gasteiger partial charge in [-0.15, -0.1) is 0 Å². The molecule has 0 N–H and O–H groups in total. The third kappa shape index (κ3) is 45.5. The van der Waals surface area contributed by atoms with Gasteiger partial charge in [0, 0.05) is 19.3 Å². The Kier molecular flexibility index (Phi) is 46.8. The highest BCUT2D eigenvalue weighted by Gasteiger charge is 2.19. The molecule has 0 fully saturated rings. The van der Waals surface area contributed by atoms with E-state index in [2.05, 4.69) is 20.8 Å². The molecule has 0 rings (SSSR count). The van der Waals surface area contributed by atoms with Crippen molar-refractivity contribution in [1.29, 1.82) is 0 Å². The normalized spacial score (nSPS) is 11.8. The number of carbonyl (C=O) groups is 3. The zero-order chi connectivity index (χ0) is 42.3. The molecule has 0 aliphatic rings. The molecule has 0 saturated heterocycles. The van der Waals surface area contributed by atoms with E-state index in [4.69, 9.17) is 14.2 Å². The Bertz CT molecular complexity index is 859. The van der Waals surface area contributed by atoms with Crippen molar-refractivity contribution in [3.8, 4) is 0 Å². The standard InChI is InChI=1S/C52H100O6/c1-4-7-10-13-15-17-19-21-23-25-26-27-29-30-32-34-36-39-42-45-51(54)57-48-49(47-56-50(53)44-41-38-12-9-6-3)58-52(55)46-43-40-37-35-33-31-28-24-22-20-18-16-14-11-8-5-2/h49H,4-48H2,1-3H3. The first-order valence-corrected chi connectivity index (χ1v) is 26.0. The molecule has 0 heterocycles. The van der Waals surface area contributed by atoms with E-state index in [1.54, 1.807) is 0 Å². The molecule has 0 saturated carbocycles.